The Morgan fingerprint density at radius 2 is 1.73 bits per heavy atom. The minimum atomic E-state index is -3.99. The summed E-state index contributed by atoms with van der Waals surface area (Å²) in [6.45, 7) is 3.30. The maximum Gasteiger partial charge on any atom is 0.264 e. The van der Waals surface area contributed by atoms with E-state index >= 15 is 0 Å². The summed E-state index contributed by atoms with van der Waals surface area (Å²) in [6, 6.07) is 18.5. The Balaban J connectivity index is 1.97. The highest BCUT2D eigenvalue weighted by atomic mass is 79.9. The van der Waals surface area contributed by atoms with E-state index in [9.17, 15) is 13.2 Å². The summed E-state index contributed by atoms with van der Waals surface area (Å²) in [5.41, 5.74) is 2.62. The van der Waals surface area contributed by atoms with E-state index in [1.165, 1.54) is 12.1 Å². The number of hydrogen-bond donors (Lipinski definition) is 1. The fourth-order valence-electron chi connectivity index (χ4n) is 2.79. The summed E-state index contributed by atoms with van der Waals surface area (Å²) in [6.07, 6.45) is 0. The largest absolute Gasteiger partial charge is 0.324 e. The smallest absolute Gasteiger partial charge is 0.264 e. The van der Waals surface area contributed by atoms with Crippen LogP contribution in [0.3, 0.4) is 0 Å². The fourth-order valence-corrected chi connectivity index (χ4v) is 4.77. The first-order valence-electron chi connectivity index (χ1n) is 9.08. The topological polar surface area (TPSA) is 66.5 Å². The van der Waals surface area contributed by atoms with E-state index in [0.29, 0.717) is 16.4 Å². The van der Waals surface area contributed by atoms with Gasteiger partial charge in [-0.3, -0.25) is 9.10 Å². The summed E-state index contributed by atoms with van der Waals surface area (Å²) in [4.78, 5) is 12.8. The Bertz CT molecular complexity index is 1180. The van der Waals surface area contributed by atoms with Crippen LogP contribution in [-0.4, -0.2) is 20.9 Å². The predicted molar refractivity (Wildman–Crippen MR) is 125 cm³/mol. The van der Waals surface area contributed by atoms with Gasteiger partial charge in [-0.05, 0) is 61.9 Å². The standard InChI is InChI=1S/C22H20BrClN2O3S/c1-15-6-10-20(11-7-15)30(28,29)26(19-9-8-16(2)21(24)13-19)14-22(27)25-18-5-3-4-17(23)12-18/h3-13H,14H2,1-2H3,(H,25,27). The number of carbonyl (C=O) groups excluding carboxylic acids is 1. The molecule has 1 N–H and O–H groups in total. The third-order valence-electron chi connectivity index (χ3n) is 4.45. The number of halogens is 2. The Morgan fingerprint density at radius 3 is 2.37 bits per heavy atom. The molecule has 0 aliphatic heterocycles. The maximum atomic E-state index is 13.4. The van der Waals surface area contributed by atoms with Crippen molar-refractivity contribution in [1.82, 2.24) is 0 Å². The summed E-state index contributed by atoms with van der Waals surface area (Å²) in [5, 5.41) is 3.15. The number of anilines is 2. The number of carbonyl (C=O) groups is 1. The second-order valence-electron chi connectivity index (χ2n) is 6.82. The normalized spacial score (nSPS) is 11.2. The molecule has 0 aliphatic rings. The van der Waals surface area contributed by atoms with Gasteiger partial charge < -0.3 is 5.32 Å². The summed E-state index contributed by atoms with van der Waals surface area (Å²) in [5.74, 6) is -0.472. The monoisotopic (exact) mass is 506 g/mol. The van der Waals surface area contributed by atoms with E-state index in [4.69, 9.17) is 11.6 Å². The lowest BCUT2D eigenvalue weighted by molar-refractivity contribution is -0.114. The molecule has 0 radical (unpaired) electrons. The minimum Gasteiger partial charge on any atom is -0.324 e. The molecule has 156 valence electrons. The number of hydrogen-bond acceptors (Lipinski definition) is 3. The van der Waals surface area contributed by atoms with Crippen LogP contribution < -0.4 is 9.62 Å². The van der Waals surface area contributed by atoms with E-state index in [-0.39, 0.29) is 4.90 Å². The van der Waals surface area contributed by atoms with E-state index in [0.717, 1.165) is 19.9 Å². The molecule has 0 bridgehead atoms. The zero-order valence-electron chi connectivity index (χ0n) is 16.4. The molecule has 0 saturated carbocycles. The van der Waals surface area contributed by atoms with Crippen molar-refractivity contribution in [2.24, 2.45) is 0 Å². The zero-order valence-corrected chi connectivity index (χ0v) is 19.6. The van der Waals surface area contributed by atoms with Gasteiger partial charge in [-0.2, -0.15) is 0 Å². The molecule has 0 aromatic heterocycles. The fraction of sp³-hybridized carbons (Fsp3) is 0.136. The van der Waals surface area contributed by atoms with Crippen molar-refractivity contribution in [2.75, 3.05) is 16.2 Å². The lowest BCUT2D eigenvalue weighted by Crippen LogP contribution is -2.38. The van der Waals surface area contributed by atoms with Crippen LogP contribution in [0.5, 0.6) is 0 Å². The van der Waals surface area contributed by atoms with Gasteiger partial charge in [0.15, 0.2) is 0 Å². The van der Waals surface area contributed by atoms with Gasteiger partial charge in [0, 0.05) is 15.2 Å². The number of rotatable bonds is 6. The molecule has 0 unspecified atom stereocenters. The van der Waals surface area contributed by atoms with Gasteiger partial charge in [0.05, 0.1) is 10.6 Å². The number of benzene rings is 3. The Morgan fingerprint density at radius 1 is 1.03 bits per heavy atom. The highest BCUT2D eigenvalue weighted by Crippen LogP contribution is 2.28. The molecule has 0 fully saturated rings. The van der Waals surface area contributed by atoms with Crippen LogP contribution in [0.2, 0.25) is 5.02 Å². The van der Waals surface area contributed by atoms with Crippen LogP contribution in [0.15, 0.2) is 76.1 Å². The molecular weight excluding hydrogens is 488 g/mol. The molecule has 3 aromatic carbocycles. The van der Waals surface area contributed by atoms with Crippen molar-refractivity contribution >= 4 is 54.8 Å². The van der Waals surface area contributed by atoms with Gasteiger partial charge in [0.1, 0.15) is 6.54 Å². The zero-order chi connectivity index (χ0) is 21.9. The molecule has 3 rings (SSSR count). The van der Waals surface area contributed by atoms with Gasteiger partial charge in [-0.15, -0.1) is 0 Å². The summed E-state index contributed by atoms with van der Waals surface area (Å²) < 4.78 is 28.6. The molecular formula is C22H20BrClN2O3S. The minimum absolute atomic E-state index is 0.0973. The third kappa shape index (κ3) is 5.22. The second kappa shape index (κ2) is 9.20. The number of amides is 1. The number of nitrogens with one attached hydrogen (secondary N) is 1. The van der Waals surface area contributed by atoms with Gasteiger partial charge >= 0.3 is 0 Å². The molecule has 3 aromatic rings. The average Bonchev–Trinajstić information content (AvgIpc) is 2.68. The van der Waals surface area contributed by atoms with Crippen molar-refractivity contribution in [3.05, 3.63) is 87.4 Å². The first-order valence-corrected chi connectivity index (χ1v) is 11.7. The first kappa shape index (κ1) is 22.3. The van der Waals surface area contributed by atoms with Crippen LogP contribution in [0.1, 0.15) is 11.1 Å². The maximum absolute atomic E-state index is 13.4. The van der Waals surface area contributed by atoms with Crippen LogP contribution in [0.25, 0.3) is 0 Å². The third-order valence-corrected chi connectivity index (χ3v) is 7.14. The van der Waals surface area contributed by atoms with Gasteiger partial charge in [0.2, 0.25) is 5.91 Å². The second-order valence-corrected chi connectivity index (χ2v) is 10.0. The van der Waals surface area contributed by atoms with Crippen molar-refractivity contribution < 1.29 is 13.2 Å². The number of aryl methyl sites for hydroxylation is 2. The summed E-state index contributed by atoms with van der Waals surface area (Å²) in [7, 11) is -3.99. The van der Waals surface area contributed by atoms with Crippen molar-refractivity contribution in [2.45, 2.75) is 18.7 Å². The predicted octanol–water partition coefficient (Wildman–Crippen LogP) is 5.55. The average molecular weight is 508 g/mol. The Labute approximate surface area is 189 Å². The molecule has 8 heteroatoms. The lowest BCUT2D eigenvalue weighted by atomic mass is 10.2. The van der Waals surface area contributed by atoms with Crippen molar-refractivity contribution in [1.29, 1.82) is 0 Å². The van der Waals surface area contributed by atoms with Crippen LogP contribution >= 0.6 is 27.5 Å². The number of nitrogens with zero attached hydrogens (tertiary/aromatic N) is 1. The van der Waals surface area contributed by atoms with Crippen LogP contribution in [0, 0.1) is 13.8 Å². The van der Waals surface area contributed by atoms with Gasteiger partial charge in [0.25, 0.3) is 10.0 Å². The summed E-state index contributed by atoms with van der Waals surface area (Å²) >= 11 is 9.58. The Hall–Kier alpha value is -2.35. The highest BCUT2D eigenvalue weighted by molar-refractivity contribution is 9.10. The quantitative estimate of drug-likeness (QED) is 0.475. The molecule has 1 amide bonds. The molecule has 30 heavy (non-hydrogen) atoms. The van der Waals surface area contributed by atoms with E-state index in [1.54, 1.807) is 48.5 Å². The molecule has 0 heterocycles. The van der Waals surface area contributed by atoms with E-state index in [2.05, 4.69) is 21.2 Å². The molecule has 0 aliphatic carbocycles. The molecule has 0 atom stereocenters. The SMILES string of the molecule is Cc1ccc(S(=O)(=O)N(CC(=O)Nc2cccc(Br)c2)c2ccc(C)c(Cl)c2)cc1. The van der Waals surface area contributed by atoms with Gasteiger partial charge in [-0.1, -0.05) is 57.4 Å². The first-order chi connectivity index (χ1) is 14.2. The van der Waals surface area contributed by atoms with E-state index < -0.39 is 22.5 Å². The van der Waals surface area contributed by atoms with Crippen molar-refractivity contribution in [3.8, 4) is 0 Å². The number of sulfonamides is 1. The van der Waals surface area contributed by atoms with Gasteiger partial charge in [-0.25, -0.2) is 8.42 Å². The highest BCUT2D eigenvalue weighted by Gasteiger charge is 2.27. The van der Waals surface area contributed by atoms with Crippen LogP contribution in [0.4, 0.5) is 11.4 Å². The molecule has 0 spiro atoms. The molecule has 5 nitrogen and oxygen atoms in total. The lowest BCUT2D eigenvalue weighted by Gasteiger charge is -2.24. The Kier molecular flexibility index (Phi) is 6.85. The van der Waals surface area contributed by atoms with Crippen molar-refractivity contribution in [3.63, 3.8) is 0 Å². The van der Waals surface area contributed by atoms with E-state index in [1.807, 2.05) is 19.9 Å². The molecule has 0 saturated heterocycles. The van der Waals surface area contributed by atoms with Crippen LogP contribution in [-0.2, 0) is 14.8 Å².